The van der Waals surface area contributed by atoms with Gasteiger partial charge in [-0.25, -0.2) is 5.11 Å². The third kappa shape index (κ3) is 2.25. The molecule has 0 aliphatic rings. The molecule has 0 saturated carbocycles. The Balaban J connectivity index is 2.42. The molecule has 1 heteroatoms. The van der Waals surface area contributed by atoms with Crippen molar-refractivity contribution in [3.05, 3.63) is 60.2 Å². The van der Waals surface area contributed by atoms with E-state index in [0.29, 0.717) is 0 Å². The molecule has 1 unspecified atom stereocenters. The molecule has 0 spiro atoms. The molecular formula is C14H13O. The summed E-state index contributed by atoms with van der Waals surface area (Å²) in [5, 5.41) is 11.3. The van der Waals surface area contributed by atoms with E-state index < -0.39 is 6.10 Å². The Bertz CT molecular complexity index is 432. The van der Waals surface area contributed by atoms with Crippen LogP contribution in [0.5, 0.6) is 0 Å². The molecule has 0 aliphatic carbocycles. The van der Waals surface area contributed by atoms with Gasteiger partial charge in [0.15, 0.2) is 0 Å². The molecule has 0 aliphatic heterocycles. The van der Waals surface area contributed by atoms with E-state index in [2.05, 4.69) is 12.1 Å². The zero-order valence-electron chi connectivity index (χ0n) is 8.68. The van der Waals surface area contributed by atoms with Crippen molar-refractivity contribution < 1.29 is 5.11 Å². The lowest BCUT2D eigenvalue weighted by molar-refractivity contribution is 0.106. The predicted molar refractivity (Wildman–Crippen MR) is 61.0 cm³/mol. The van der Waals surface area contributed by atoms with Gasteiger partial charge in [0.2, 0.25) is 0 Å². The first-order valence-electron chi connectivity index (χ1n) is 5.08. The number of hydrogen-bond donors (Lipinski definition) is 0. The molecular weight excluding hydrogens is 184 g/mol. The predicted octanol–water partition coefficient (Wildman–Crippen LogP) is 3.85. The number of hydrogen-bond acceptors (Lipinski definition) is 0. The largest absolute Gasteiger partial charge is 0.228 e. The van der Waals surface area contributed by atoms with Gasteiger partial charge in [0.05, 0.1) is 0 Å². The summed E-state index contributed by atoms with van der Waals surface area (Å²) in [7, 11) is 0. The van der Waals surface area contributed by atoms with Gasteiger partial charge in [0.1, 0.15) is 6.10 Å². The van der Waals surface area contributed by atoms with Crippen LogP contribution in [0.3, 0.4) is 0 Å². The molecule has 0 saturated heterocycles. The van der Waals surface area contributed by atoms with Gasteiger partial charge in [0.25, 0.3) is 0 Å². The van der Waals surface area contributed by atoms with Crippen LogP contribution >= 0.6 is 0 Å². The highest BCUT2D eigenvalue weighted by Gasteiger charge is 2.03. The molecule has 0 amide bonds. The van der Waals surface area contributed by atoms with Crippen molar-refractivity contribution in [1.82, 2.24) is 0 Å². The normalized spacial score (nSPS) is 12.4. The fourth-order valence-corrected chi connectivity index (χ4v) is 1.60. The molecule has 0 bridgehead atoms. The van der Waals surface area contributed by atoms with Crippen LogP contribution in [0.25, 0.3) is 11.1 Å². The summed E-state index contributed by atoms with van der Waals surface area (Å²) < 4.78 is 0. The van der Waals surface area contributed by atoms with Gasteiger partial charge < -0.3 is 0 Å². The van der Waals surface area contributed by atoms with Crippen molar-refractivity contribution in [2.45, 2.75) is 13.0 Å². The summed E-state index contributed by atoms with van der Waals surface area (Å²) in [6, 6.07) is 17.9. The second kappa shape index (κ2) is 4.28. The number of benzene rings is 2. The minimum atomic E-state index is -0.659. The third-order valence-electron chi connectivity index (χ3n) is 2.46. The quantitative estimate of drug-likeness (QED) is 0.697. The molecule has 2 aromatic rings. The number of rotatable bonds is 2. The van der Waals surface area contributed by atoms with Crippen molar-refractivity contribution in [3.63, 3.8) is 0 Å². The summed E-state index contributed by atoms with van der Waals surface area (Å²) in [5.74, 6) is 0. The first-order chi connectivity index (χ1) is 7.27. The van der Waals surface area contributed by atoms with Crippen LogP contribution < -0.4 is 0 Å². The maximum atomic E-state index is 11.3. The lowest BCUT2D eigenvalue weighted by Gasteiger charge is -2.06. The van der Waals surface area contributed by atoms with Gasteiger partial charge in [-0.3, -0.25) is 0 Å². The summed E-state index contributed by atoms with van der Waals surface area (Å²) >= 11 is 0. The van der Waals surface area contributed by atoms with Crippen LogP contribution in [0.4, 0.5) is 0 Å². The molecule has 15 heavy (non-hydrogen) atoms. The van der Waals surface area contributed by atoms with Gasteiger partial charge in [-0.1, -0.05) is 48.5 Å². The maximum absolute atomic E-state index is 11.3. The van der Waals surface area contributed by atoms with E-state index in [0.717, 1.165) is 16.7 Å². The smallest absolute Gasteiger partial charge is 0.115 e. The van der Waals surface area contributed by atoms with Gasteiger partial charge in [-0.15, -0.1) is 0 Å². The second-order valence-electron chi connectivity index (χ2n) is 3.63. The summed E-state index contributed by atoms with van der Waals surface area (Å²) in [6.07, 6.45) is -0.659. The van der Waals surface area contributed by atoms with Crippen LogP contribution in [-0.2, 0) is 5.11 Å². The Morgan fingerprint density at radius 3 is 2.20 bits per heavy atom. The van der Waals surface area contributed by atoms with Gasteiger partial charge in [0, 0.05) is 0 Å². The average Bonchev–Trinajstić information content (AvgIpc) is 2.30. The Hall–Kier alpha value is -1.60. The lowest BCUT2D eigenvalue weighted by atomic mass is 10.0. The van der Waals surface area contributed by atoms with Gasteiger partial charge >= 0.3 is 0 Å². The zero-order chi connectivity index (χ0) is 10.7. The van der Waals surface area contributed by atoms with Crippen molar-refractivity contribution >= 4 is 0 Å². The highest BCUT2D eigenvalue weighted by molar-refractivity contribution is 5.64. The SMILES string of the molecule is CC([O])c1cccc(-c2ccccc2)c1. The van der Waals surface area contributed by atoms with Crippen molar-refractivity contribution in [3.8, 4) is 11.1 Å². The van der Waals surface area contributed by atoms with Gasteiger partial charge in [-0.2, -0.15) is 0 Å². The first-order valence-corrected chi connectivity index (χ1v) is 5.08. The third-order valence-corrected chi connectivity index (χ3v) is 2.46. The van der Waals surface area contributed by atoms with E-state index in [4.69, 9.17) is 0 Å². The Kier molecular flexibility index (Phi) is 2.84. The van der Waals surface area contributed by atoms with Crippen LogP contribution in [0.2, 0.25) is 0 Å². The molecule has 0 fully saturated rings. The molecule has 2 rings (SSSR count). The molecule has 1 radical (unpaired) electrons. The standard InChI is InChI=1S/C14H13O/c1-11(15)13-8-5-9-14(10-13)12-6-3-2-4-7-12/h2-11H,1H3. The zero-order valence-corrected chi connectivity index (χ0v) is 8.68. The van der Waals surface area contributed by atoms with Crippen LogP contribution in [0.15, 0.2) is 54.6 Å². The fraction of sp³-hybridized carbons (Fsp3) is 0.143. The second-order valence-corrected chi connectivity index (χ2v) is 3.63. The Morgan fingerprint density at radius 1 is 0.867 bits per heavy atom. The molecule has 1 atom stereocenters. The molecule has 0 aromatic heterocycles. The van der Waals surface area contributed by atoms with E-state index in [9.17, 15) is 5.11 Å². The van der Waals surface area contributed by atoms with E-state index in [1.807, 2.05) is 42.5 Å². The van der Waals surface area contributed by atoms with E-state index in [-0.39, 0.29) is 0 Å². The van der Waals surface area contributed by atoms with Crippen LogP contribution in [0.1, 0.15) is 18.6 Å². The van der Waals surface area contributed by atoms with Crippen molar-refractivity contribution in [2.24, 2.45) is 0 Å². The first kappa shape index (κ1) is 9.94. The van der Waals surface area contributed by atoms with Crippen molar-refractivity contribution in [1.29, 1.82) is 0 Å². The monoisotopic (exact) mass is 197 g/mol. The lowest BCUT2D eigenvalue weighted by Crippen LogP contribution is -1.89. The minimum Gasteiger partial charge on any atom is -0.228 e. The van der Waals surface area contributed by atoms with Crippen LogP contribution in [-0.4, -0.2) is 0 Å². The highest BCUT2D eigenvalue weighted by atomic mass is 16.3. The van der Waals surface area contributed by atoms with Gasteiger partial charge in [-0.05, 0) is 29.7 Å². The Labute approximate surface area is 90.0 Å². The summed E-state index contributed by atoms with van der Waals surface area (Å²) in [5.41, 5.74) is 3.10. The molecule has 75 valence electrons. The Morgan fingerprint density at radius 2 is 1.53 bits per heavy atom. The molecule has 0 heterocycles. The summed E-state index contributed by atoms with van der Waals surface area (Å²) in [4.78, 5) is 0. The molecule has 2 aromatic carbocycles. The van der Waals surface area contributed by atoms with E-state index >= 15 is 0 Å². The van der Waals surface area contributed by atoms with E-state index in [1.54, 1.807) is 6.92 Å². The minimum absolute atomic E-state index is 0.659. The maximum Gasteiger partial charge on any atom is 0.115 e. The summed E-state index contributed by atoms with van der Waals surface area (Å²) in [6.45, 7) is 1.67. The molecule has 1 nitrogen and oxygen atoms in total. The topological polar surface area (TPSA) is 19.9 Å². The molecule has 0 N–H and O–H groups in total. The van der Waals surface area contributed by atoms with Crippen molar-refractivity contribution in [2.75, 3.05) is 0 Å². The average molecular weight is 197 g/mol. The highest BCUT2D eigenvalue weighted by Crippen LogP contribution is 2.22. The van der Waals surface area contributed by atoms with E-state index in [1.165, 1.54) is 0 Å². The van der Waals surface area contributed by atoms with Crippen LogP contribution in [0, 0.1) is 0 Å². The fourth-order valence-electron chi connectivity index (χ4n) is 1.60.